The van der Waals surface area contributed by atoms with Crippen molar-refractivity contribution in [1.82, 2.24) is 4.98 Å². The maximum Gasteiger partial charge on any atom is 0.122 e. The van der Waals surface area contributed by atoms with Crippen molar-refractivity contribution in [1.29, 1.82) is 0 Å². The average molecular weight is 275 g/mol. The molecule has 21 heavy (non-hydrogen) atoms. The molecule has 2 aromatic carbocycles. The molecular weight excluding hydrogens is 258 g/mol. The molecule has 1 heterocycles. The highest BCUT2D eigenvalue weighted by atomic mass is 16.5. The van der Waals surface area contributed by atoms with Crippen molar-refractivity contribution in [2.24, 2.45) is 0 Å². The van der Waals surface area contributed by atoms with E-state index in [-0.39, 0.29) is 6.10 Å². The van der Waals surface area contributed by atoms with Crippen LogP contribution in [0, 0.1) is 0 Å². The van der Waals surface area contributed by atoms with Gasteiger partial charge in [-0.15, -0.1) is 0 Å². The Morgan fingerprint density at radius 2 is 1.52 bits per heavy atom. The first-order valence-corrected chi connectivity index (χ1v) is 7.06. The van der Waals surface area contributed by atoms with Crippen molar-refractivity contribution in [3.8, 4) is 17.0 Å². The summed E-state index contributed by atoms with van der Waals surface area (Å²) < 4.78 is 6.03. The minimum absolute atomic E-state index is 0.0365. The van der Waals surface area contributed by atoms with Crippen LogP contribution in [-0.2, 0) is 0 Å². The van der Waals surface area contributed by atoms with Crippen LogP contribution in [0.5, 0.6) is 5.75 Å². The zero-order valence-corrected chi connectivity index (χ0v) is 11.9. The molecule has 2 heteroatoms. The maximum absolute atomic E-state index is 6.03. The molecule has 0 aliphatic heterocycles. The number of aromatic nitrogens is 1. The van der Waals surface area contributed by atoms with Gasteiger partial charge < -0.3 is 4.74 Å². The van der Waals surface area contributed by atoms with E-state index in [2.05, 4.69) is 24.0 Å². The SMILES string of the molecule is CC(Oc1ccccc1)c1ccccc1-c1ccccn1. The number of benzene rings is 2. The highest BCUT2D eigenvalue weighted by Gasteiger charge is 2.13. The predicted molar refractivity (Wildman–Crippen MR) is 85.2 cm³/mol. The molecule has 1 aromatic heterocycles. The normalized spacial score (nSPS) is 11.9. The van der Waals surface area contributed by atoms with E-state index in [0.717, 1.165) is 22.6 Å². The Bertz CT molecular complexity index is 695. The maximum atomic E-state index is 6.03. The topological polar surface area (TPSA) is 22.1 Å². The number of pyridine rings is 1. The first-order chi connectivity index (χ1) is 10.3. The summed E-state index contributed by atoms with van der Waals surface area (Å²) in [7, 11) is 0. The lowest BCUT2D eigenvalue weighted by Gasteiger charge is -2.18. The Hall–Kier alpha value is -2.61. The molecule has 0 N–H and O–H groups in total. The van der Waals surface area contributed by atoms with E-state index < -0.39 is 0 Å². The van der Waals surface area contributed by atoms with Crippen LogP contribution in [0.3, 0.4) is 0 Å². The van der Waals surface area contributed by atoms with Gasteiger partial charge in [-0.1, -0.05) is 48.5 Å². The highest BCUT2D eigenvalue weighted by Crippen LogP contribution is 2.29. The molecule has 3 rings (SSSR count). The monoisotopic (exact) mass is 275 g/mol. The fourth-order valence-corrected chi connectivity index (χ4v) is 2.37. The zero-order valence-electron chi connectivity index (χ0n) is 11.9. The second-order valence-electron chi connectivity index (χ2n) is 4.88. The van der Waals surface area contributed by atoms with Crippen molar-refractivity contribution in [2.45, 2.75) is 13.0 Å². The molecule has 3 aromatic rings. The number of ether oxygens (including phenoxy) is 1. The van der Waals surface area contributed by atoms with E-state index in [1.165, 1.54) is 0 Å². The fraction of sp³-hybridized carbons (Fsp3) is 0.105. The number of hydrogen-bond donors (Lipinski definition) is 0. The van der Waals surface area contributed by atoms with Crippen molar-refractivity contribution in [3.05, 3.63) is 84.6 Å². The minimum atomic E-state index is -0.0365. The molecule has 0 saturated heterocycles. The Labute approximate surface area is 125 Å². The van der Waals surface area contributed by atoms with E-state index >= 15 is 0 Å². The summed E-state index contributed by atoms with van der Waals surface area (Å²) in [5, 5.41) is 0. The summed E-state index contributed by atoms with van der Waals surface area (Å²) in [5.74, 6) is 0.876. The largest absolute Gasteiger partial charge is 0.486 e. The van der Waals surface area contributed by atoms with E-state index in [4.69, 9.17) is 4.74 Å². The van der Waals surface area contributed by atoms with Gasteiger partial charge in [0.25, 0.3) is 0 Å². The molecule has 0 radical (unpaired) electrons. The van der Waals surface area contributed by atoms with Gasteiger partial charge >= 0.3 is 0 Å². The van der Waals surface area contributed by atoms with Crippen LogP contribution in [-0.4, -0.2) is 4.98 Å². The summed E-state index contributed by atoms with van der Waals surface area (Å²) in [4.78, 5) is 4.44. The van der Waals surface area contributed by atoms with Gasteiger partial charge in [-0.05, 0) is 31.2 Å². The summed E-state index contributed by atoms with van der Waals surface area (Å²) >= 11 is 0. The number of para-hydroxylation sites is 1. The summed E-state index contributed by atoms with van der Waals surface area (Å²) in [6.07, 6.45) is 1.78. The van der Waals surface area contributed by atoms with Crippen LogP contribution in [0.1, 0.15) is 18.6 Å². The van der Waals surface area contributed by atoms with Crippen molar-refractivity contribution in [2.75, 3.05) is 0 Å². The highest BCUT2D eigenvalue weighted by molar-refractivity contribution is 5.64. The van der Waals surface area contributed by atoms with Crippen molar-refractivity contribution >= 4 is 0 Å². The lowest BCUT2D eigenvalue weighted by atomic mass is 10.00. The molecule has 0 amide bonds. The first-order valence-electron chi connectivity index (χ1n) is 7.06. The summed E-state index contributed by atoms with van der Waals surface area (Å²) in [6, 6.07) is 24.1. The average Bonchev–Trinajstić information content (AvgIpc) is 2.56. The lowest BCUT2D eigenvalue weighted by Crippen LogP contribution is -2.05. The fourth-order valence-electron chi connectivity index (χ4n) is 2.37. The van der Waals surface area contributed by atoms with Gasteiger partial charge in [0, 0.05) is 17.3 Å². The van der Waals surface area contributed by atoms with Crippen molar-refractivity contribution < 1.29 is 4.74 Å². The minimum Gasteiger partial charge on any atom is -0.486 e. The van der Waals surface area contributed by atoms with E-state index in [0.29, 0.717) is 0 Å². The Kier molecular flexibility index (Phi) is 3.97. The van der Waals surface area contributed by atoms with E-state index in [1.54, 1.807) is 0 Å². The summed E-state index contributed by atoms with van der Waals surface area (Å²) in [6.45, 7) is 2.06. The molecule has 0 saturated carbocycles. The molecule has 0 aliphatic rings. The quantitative estimate of drug-likeness (QED) is 0.676. The van der Waals surface area contributed by atoms with Crippen LogP contribution in [0.15, 0.2) is 79.0 Å². The van der Waals surface area contributed by atoms with E-state index in [9.17, 15) is 0 Å². The molecule has 2 nitrogen and oxygen atoms in total. The molecule has 1 atom stereocenters. The second-order valence-corrected chi connectivity index (χ2v) is 4.88. The zero-order chi connectivity index (χ0) is 14.5. The van der Waals surface area contributed by atoms with Crippen LogP contribution >= 0.6 is 0 Å². The Morgan fingerprint density at radius 3 is 2.29 bits per heavy atom. The molecule has 0 aliphatic carbocycles. The van der Waals surface area contributed by atoms with Gasteiger partial charge in [-0.2, -0.15) is 0 Å². The van der Waals surface area contributed by atoms with E-state index in [1.807, 2.05) is 66.9 Å². The van der Waals surface area contributed by atoms with Crippen LogP contribution < -0.4 is 4.74 Å². The second kappa shape index (κ2) is 6.23. The Balaban J connectivity index is 1.92. The number of hydrogen-bond acceptors (Lipinski definition) is 2. The smallest absolute Gasteiger partial charge is 0.122 e. The Morgan fingerprint density at radius 1 is 0.810 bits per heavy atom. The predicted octanol–water partition coefficient (Wildman–Crippen LogP) is 4.89. The first kappa shape index (κ1) is 13.4. The van der Waals surface area contributed by atoms with Gasteiger partial charge in [0.15, 0.2) is 0 Å². The third kappa shape index (κ3) is 3.11. The molecule has 0 bridgehead atoms. The van der Waals surface area contributed by atoms with Gasteiger partial charge in [-0.25, -0.2) is 0 Å². The van der Waals surface area contributed by atoms with Crippen LogP contribution in [0.25, 0.3) is 11.3 Å². The standard InChI is InChI=1S/C19H17NO/c1-15(21-16-9-3-2-4-10-16)17-11-5-6-12-18(17)19-13-7-8-14-20-19/h2-15H,1H3. The third-order valence-electron chi connectivity index (χ3n) is 3.40. The molecule has 1 unspecified atom stereocenters. The van der Waals surface area contributed by atoms with Gasteiger partial charge in [-0.3, -0.25) is 4.98 Å². The molecule has 104 valence electrons. The van der Waals surface area contributed by atoms with Gasteiger partial charge in [0.2, 0.25) is 0 Å². The van der Waals surface area contributed by atoms with Gasteiger partial charge in [0.1, 0.15) is 11.9 Å². The van der Waals surface area contributed by atoms with Crippen LogP contribution in [0.2, 0.25) is 0 Å². The van der Waals surface area contributed by atoms with Crippen molar-refractivity contribution in [3.63, 3.8) is 0 Å². The van der Waals surface area contributed by atoms with Crippen LogP contribution in [0.4, 0.5) is 0 Å². The molecule has 0 spiro atoms. The van der Waals surface area contributed by atoms with Gasteiger partial charge in [0.05, 0.1) is 5.69 Å². The number of nitrogens with zero attached hydrogens (tertiary/aromatic N) is 1. The molecular formula is C19H17NO. The lowest BCUT2D eigenvalue weighted by molar-refractivity contribution is 0.227. The molecule has 0 fully saturated rings. The summed E-state index contributed by atoms with van der Waals surface area (Å²) in [5.41, 5.74) is 3.22. The number of rotatable bonds is 4. The third-order valence-corrected chi connectivity index (χ3v) is 3.40.